The van der Waals surface area contributed by atoms with Crippen LogP contribution >= 0.6 is 12.2 Å². The van der Waals surface area contributed by atoms with Gasteiger partial charge in [0.15, 0.2) is 5.82 Å². The fraction of sp³-hybridized carbons (Fsp3) is 0.150. The standard InChI is InChI=1S/C20H19N5OS/c1-3-26-15-10-8-14(9-11-15)19-23-24-20(27)25(19)21-12-17-13(2)22-18-7-5-4-6-16(17)18/h4-12,22H,3H2,1-2H3,(H,24,27)/b21-12+. The number of aryl methyl sites for hydroxylation is 1. The molecule has 0 fully saturated rings. The third-order valence-corrected chi connectivity index (χ3v) is 4.58. The Morgan fingerprint density at radius 3 is 2.74 bits per heavy atom. The Kier molecular flexibility index (Phi) is 4.60. The summed E-state index contributed by atoms with van der Waals surface area (Å²) in [6, 6.07) is 15.9. The molecule has 2 aromatic carbocycles. The number of nitrogens with zero attached hydrogens (tertiary/aromatic N) is 3. The van der Waals surface area contributed by atoms with Gasteiger partial charge in [-0.15, -0.1) is 0 Å². The number of aromatic nitrogens is 4. The van der Waals surface area contributed by atoms with Crippen LogP contribution in [0.25, 0.3) is 22.3 Å². The van der Waals surface area contributed by atoms with Crippen molar-refractivity contribution in [3.63, 3.8) is 0 Å². The highest BCUT2D eigenvalue weighted by atomic mass is 32.1. The minimum absolute atomic E-state index is 0.438. The van der Waals surface area contributed by atoms with Crippen LogP contribution in [-0.4, -0.2) is 32.7 Å². The summed E-state index contributed by atoms with van der Waals surface area (Å²) >= 11 is 5.36. The van der Waals surface area contributed by atoms with Crippen LogP contribution in [0.5, 0.6) is 5.75 Å². The van der Waals surface area contributed by atoms with Crippen molar-refractivity contribution in [2.24, 2.45) is 5.10 Å². The summed E-state index contributed by atoms with van der Waals surface area (Å²) in [6.07, 6.45) is 1.82. The molecule has 0 saturated heterocycles. The predicted octanol–water partition coefficient (Wildman–Crippen LogP) is 4.68. The van der Waals surface area contributed by atoms with Crippen LogP contribution in [0.15, 0.2) is 53.6 Å². The molecule has 7 heteroatoms. The van der Waals surface area contributed by atoms with E-state index in [0.717, 1.165) is 33.5 Å². The third kappa shape index (κ3) is 3.29. The average molecular weight is 377 g/mol. The van der Waals surface area contributed by atoms with Crippen molar-refractivity contribution in [3.8, 4) is 17.1 Å². The summed E-state index contributed by atoms with van der Waals surface area (Å²) < 4.78 is 7.56. The number of fused-ring (bicyclic) bond motifs is 1. The second kappa shape index (κ2) is 7.20. The van der Waals surface area contributed by atoms with Gasteiger partial charge < -0.3 is 9.72 Å². The number of para-hydroxylation sites is 1. The van der Waals surface area contributed by atoms with Crippen molar-refractivity contribution in [1.29, 1.82) is 0 Å². The smallest absolute Gasteiger partial charge is 0.216 e. The van der Waals surface area contributed by atoms with E-state index in [1.54, 1.807) is 4.68 Å². The highest BCUT2D eigenvalue weighted by molar-refractivity contribution is 7.71. The molecule has 0 radical (unpaired) electrons. The van der Waals surface area contributed by atoms with E-state index in [1.807, 2.05) is 56.5 Å². The fourth-order valence-corrected chi connectivity index (χ4v) is 3.21. The minimum atomic E-state index is 0.438. The molecular formula is C20H19N5OS. The van der Waals surface area contributed by atoms with Gasteiger partial charge in [-0.25, -0.2) is 5.10 Å². The molecule has 0 saturated carbocycles. The Labute approximate surface area is 161 Å². The van der Waals surface area contributed by atoms with Gasteiger partial charge in [-0.05, 0) is 56.4 Å². The van der Waals surface area contributed by atoms with E-state index < -0.39 is 0 Å². The van der Waals surface area contributed by atoms with Crippen molar-refractivity contribution in [1.82, 2.24) is 19.9 Å². The highest BCUT2D eigenvalue weighted by Crippen LogP contribution is 2.22. The lowest BCUT2D eigenvalue weighted by molar-refractivity contribution is 0.340. The summed E-state index contributed by atoms with van der Waals surface area (Å²) in [5.74, 6) is 1.47. The Balaban J connectivity index is 1.72. The summed E-state index contributed by atoms with van der Waals surface area (Å²) in [4.78, 5) is 3.37. The number of H-pyrrole nitrogens is 2. The Morgan fingerprint density at radius 1 is 1.19 bits per heavy atom. The van der Waals surface area contributed by atoms with Crippen LogP contribution in [0.4, 0.5) is 0 Å². The van der Waals surface area contributed by atoms with Crippen molar-refractivity contribution in [3.05, 3.63) is 64.6 Å². The normalized spacial score (nSPS) is 11.5. The van der Waals surface area contributed by atoms with Gasteiger partial charge in [0.2, 0.25) is 4.77 Å². The van der Waals surface area contributed by atoms with Gasteiger partial charge in [-0.2, -0.15) is 14.9 Å². The first-order valence-electron chi connectivity index (χ1n) is 8.69. The average Bonchev–Trinajstić information content (AvgIpc) is 3.20. The van der Waals surface area contributed by atoms with Gasteiger partial charge in [0.1, 0.15) is 5.75 Å². The maximum absolute atomic E-state index is 5.49. The Bertz CT molecular complexity index is 1170. The molecule has 2 N–H and O–H groups in total. The van der Waals surface area contributed by atoms with Crippen molar-refractivity contribution < 1.29 is 4.74 Å². The second-order valence-electron chi connectivity index (χ2n) is 6.08. The highest BCUT2D eigenvalue weighted by Gasteiger charge is 2.10. The van der Waals surface area contributed by atoms with Crippen molar-refractivity contribution in [2.75, 3.05) is 6.61 Å². The summed E-state index contributed by atoms with van der Waals surface area (Å²) in [5, 5.41) is 12.9. The molecule has 27 heavy (non-hydrogen) atoms. The molecule has 0 aliphatic carbocycles. The molecule has 4 rings (SSSR count). The van der Waals surface area contributed by atoms with E-state index in [9.17, 15) is 0 Å². The lowest BCUT2D eigenvalue weighted by Crippen LogP contribution is -1.96. The van der Waals surface area contributed by atoms with Crippen molar-refractivity contribution >= 4 is 29.3 Å². The number of benzene rings is 2. The zero-order chi connectivity index (χ0) is 18.8. The lowest BCUT2D eigenvalue weighted by Gasteiger charge is -2.04. The van der Waals surface area contributed by atoms with Gasteiger partial charge in [0.05, 0.1) is 12.8 Å². The number of hydrogen-bond donors (Lipinski definition) is 2. The molecule has 0 aliphatic heterocycles. The summed E-state index contributed by atoms with van der Waals surface area (Å²) in [6.45, 7) is 4.62. The summed E-state index contributed by atoms with van der Waals surface area (Å²) in [7, 11) is 0. The van der Waals surface area contributed by atoms with Gasteiger partial charge in [-0.1, -0.05) is 18.2 Å². The van der Waals surface area contributed by atoms with E-state index >= 15 is 0 Å². The molecule has 136 valence electrons. The molecule has 0 bridgehead atoms. The first kappa shape index (κ1) is 17.2. The molecule has 6 nitrogen and oxygen atoms in total. The fourth-order valence-electron chi connectivity index (χ4n) is 3.03. The first-order chi connectivity index (χ1) is 13.2. The van der Waals surface area contributed by atoms with Crippen LogP contribution in [0.1, 0.15) is 18.2 Å². The topological polar surface area (TPSA) is 71.0 Å². The lowest BCUT2D eigenvalue weighted by atomic mass is 10.1. The number of nitrogens with one attached hydrogen (secondary N) is 2. The van der Waals surface area contributed by atoms with Crippen LogP contribution in [0, 0.1) is 11.7 Å². The van der Waals surface area contributed by atoms with E-state index in [2.05, 4.69) is 32.4 Å². The van der Waals surface area contributed by atoms with Gasteiger partial charge >= 0.3 is 0 Å². The monoisotopic (exact) mass is 377 g/mol. The maximum atomic E-state index is 5.49. The first-order valence-corrected chi connectivity index (χ1v) is 9.10. The van der Waals surface area contributed by atoms with Crippen LogP contribution in [0.3, 0.4) is 0 Å². The van der Waals surface area contributed by atoms with Gasteiger partial charge in [0.25, 0.3) is 0 Å². The van der Waals surface area contributed by atoms with E-state index in [0.29, 0.717) is 17.2 Å². The van der Waals surface area contributed by atoms with E-state index in [1.165, 1.54) is 0 Å². The van der Waals surface area contributed by atoms with Crippen molar-refractivity contribution in [2.45, 2.75) is 13.8 Å². The predicted molar refractivity (Wildman–Crippen MR) is 110 cm³/mol. The molecule has 0 amide bonds. The van der Waals surface area contributed by atoms with E-state index in [4.69, 9.17) is 17.0 Å². The minimum Gasteiger partial charge on any atom is -0.494 e. The SMILES string of the molecule is CCOc1ccc(-c2n[nH]c(=S)n2/N=C/c2c(C)[nH]c3ccccc23)cc1. The number of rotatable bonds is 5. The Morgan fingerprint density at radius 2 is 1.96 bits per heavy atom. The molecule has 0 spiro atoms. The maximum Gasteiger partial charge on any atom is 0.216 e. The Hall–Kier alpha value is -3.19. The third-order valence-electron chi connectivity index (χ3n) is 4.32. The number of hydrogen-bond acceptors (Lipinski definition) is 4. The quantitative estimate of drug-likeness (QED) is 0.392. The molecule has 2 heterocycles. The van der Waals surface area contributed by atoms with E-state index in [-0.39, 0.29) is 0 Å². The van der Waals surface area contributed by atoms with Gasteiger partial charge in [-0.3, -0.25) is 0 Å². The largest absolute Gasteiger partial charge is 0.494 e. The number of aromatic amines is 2. The second-order valence-corrected chi connectivity index (χ2v) is 6.46. The zero-order valence-corrected chi connectivity index (χ0v) is 15.9. The molecule has 0 unspecified atom stereocenters. The molecule has 0 atom stereocenters. The van der Waals surface area contributed by atoms with Crippen LogP contribution in [0.2, 0.25) is 0 Å². The molecule has 0 aliphatic rings. The van der Waals surface area contributed by atoms with Gasteiger partial charge in [0, 0.05) is 27.7 Å². The zero-order valence-electron chi connectivity index (χ0n) is 15.1. The molecular weight excluding hydrogens is 358 g/mol. The molecule has 2 aromatic heterocycles. The van der Waals surface area contributed by atoms with Crippen LogP contribution in [-0.2, 0) is 0 Å². The molecule has 4 aromatic rings. The summed E-state index contributed by atoms with van der Waals surface area (Å²) in [5.41, 5.74) is 4.07. The number of ether oxygens (including phenoxy) is 1. The van der Waals surface area contributed by atoms with Crippen LogP contribution < -0.4 is 4.74 Å².